The molecule has 1 aliphatic heterocycles. The van der Waals surface area contributed by atoms with Gasteiger partial charge in [-0.05, 0) is 37.1 Å². The van der Waals surface area contributed by atoms with Crippen LogP contribution in [0.2, 0.25) is 0 Å². The number of carbonyl (C=O) groups is 1. The highest BCUT2D eigenvalue weighted by molar-refractivity contribution is 5.76. The van der Waals surface area contributed by atoms with Crippen molar-refractivity contribution in [1.82, 2.24) is 4.90 Å². The third-order valence-corrected chi connectivity index (χ3v) is 3.29. The maximum absolute atomic E-state index is 11.9. The molecule has 3 nitrogen and oxygen atoms in total. The Labute approximate surface area is 99.4 Å². The number of hydrogen-bond donors (Lipinski definition) is 1. The molecule has 1 fully saturated rings. The van der Waals surface area contributed by atoms with E-state index in [2.05, 4.69) is 20.8 Å². The molecule has 1 heterocycles. The van der Waals surface area contributed by atoms with E-state index in [4.69, 9.17) is 5.73 Å². The van der Waals surface area contributed by atoms with Gasteiger partial charge in [-0.2, -0.15) is 0 Å². The molecule has 0 aromatic rings. The van der Waals surface area contributed by atoms with E-state index in [1.165, 1.54) is 0 Å². The van der Waals surface area contributed by atoms with Crippen molar-refractivity contribution < 1.29 is 4.79 Å². The molecule has 1 amide bonds. The van der Waals surface area contributed by atoms with Gasteiger partial charge in [0, 0.05) is 19.5 Å². The molecule has 1 aliphatic rings. The normalized spacial score (nSPS) is 21.5. The predicted octanol–water partition coefficient (Wildman–Crippen LogP) is 2.01. The third kappa shape index (κ3) is 4.52. The first-order valence-electron chi connectivity index (χ1n) is 6.40. The molecule has 0 saturated carbocycles. The lowest BCUT2D eigenvalue weighted by Gasteiger charge is -2.20. The van der Waals surface area contributed by atoms with Crippen molar-refractivity contribution >= 4 is 5.91 Å². The highest BCUT2D eigenvalue weighted by Gasteiger charge is 2.24. The molecule has 1 unspecified atom stereocenters. The van der Waals surface area contributed by atoms with Gasteiger partial charge in [0.1, 0.15) is 0 Å². The molecule has 16 heavy (non-hydrogen) atoms. The van der Waals surface area contributed by atoms with Gasteiger partial charge in [0.2, 0.25) is 5.91 Å². The Hall–Kier alpha value is -0.570. The second-order valence-corrected chi connectivity index (χ2v) is 6.14. The molecule has 2 N–H and O–H groups in total. The molecule has 0 spiro atoms. The summed E-state index contributed by atoms with van der Waals surface area (Å²) in [6, 6.07) is 0. The average molecular weight is 226 g/mol. The largest absolute Gasteiger partial charge is 0.342 e. The summed E-state index contributed by atoms with van der Waals surface area (Å²) in [6.45, 7) is 9.17. The zero-order valence-electron chi connectivity index (χ0n) is 11.0. The van der Waals surface area contributed by atoms with Crippen molar-refractivity contribution in [2.24, 2.45) is 17.1 Å². The predicted molar refractivity (Wildman–Crippen MR) is 67.0 cm³/mol. The lowest BCUT2D eigenvalue weighted by molar-refractivity contribution is -0.130. The number of likely N-dealkylation sites (tertiary alicyclic amines) is 1. The zero-order chi connectivity index (χ0) is 12.2. The van der Waals surface area contributed by atoms with Crippen LogP contribution in [0.15, 0.2) is 0 Å². The summed E-state index contributed by atoms with van der Waals surface area (Å²) in [4.78, 5) is 13.9. The molecule has 94 valence electrons. The van der Waals surface area contributed by atoms with E-state index in [1.54, 1.807) is 0 Å². The first-order valence-corrected chi connectivity index (χ1v) is 6.40. The fourth-order valence-electron chi connectivity index (χ4n) is 2.18. The first kappa shape index (κ1) is 13.5. The summed E-state index contributed by atoms with van der Waals surface area (Å²) in [5, 5.41) is 0. The molecule has 0 bridgehead atoms. The number of hydrogen-bond acceptors (Lipinski definition) is 2. The highest BCUT2D eigenvalue weighted by atomic mass is 16.2. The van der Waals surface area contributed by atoms with Gasteiger partial charge >= 0.3 is 0 Å². The topological polar surface area (TPSA) is 46.3 Å². The summed E-state index contributed by atoms with van der Waals surface area (Å²) < 4.78 is 0. The summed E-state index contributed by atoms with van der Waals surface area (Å²) in [7, 11) is 0. The maximum atomic E-state index is 11.9. The van der Waals surface area contributed by atoms with Gasteiger partial charge in [0.25, 0.3) is 0 Å². The van der Waals surface area contributed by atoms with Crippen LogP contribution in [0.1, 0.15) is 46.5 Å². The molecule has 1 saturated heterocycles. The van der Waals surface area contributed by atoms with Crippen molar-refractivity contribution in [3.8, 4) is 0 Å². The Balaban J connectivity index is 2.21. The Morgan fingerprint density at radius 2 is 2.12 bits per heavy atom. The monoisotopic (exact) mass is 226 g/mol. The molecule has 0 aromatic carbocycles. The summed E-state index contributed by atoms with van der Waals surface area (Å²) in [5.74, 6) is 0.853. The molecule has 3 heteroatoms. The van der Waals surface area contributed by atoms with E-state index in [0.717, 1.165) is 32.4 Å². The van der Waals surface area contributed by atoms with Crippen molar-refractivity contribution in [2.45, 2.75) is 46.5 Å². The first-order chi connectivity index (χ1) is 7.42. The maximum Gasteiger partial charge on any atom is 0.222 e. The van der Waals surface area contributed by atoms with Crippen LogP contribution < -0.4 is 5.73 Å². The van der Waals surface area contributed by atoms with Crippen LogP contribution in [0.3, 0.4) is 0 Å². The van der Waals surface area contributed by atoms with E-state index in [9.17, 15) is 4.79 Å². The quantitative estimate of drug-likeness (QED) is 0.797. The van der Waals surface area contributed by atoms with Crippen LogP contribution in [-0.4, -0.2) is 30.4 Å². The second-order valence-electron chi connectivity index (χ2n) is 6.14. The number of carbonyl (C=O) groups excluding carboxylic acids is 1. The molecule has 0 radical (unpaired) electrons. The van der Waals surface area contributed by atoms with Gasteiger partial charge in [-0.15, -0.1) is 0 Å². The summed E-state index contributed by atoms with van der Waals surface area (Å²) in [6.07, 6.45) is 3.91. The van der Waals surface area contributed by atoms with Crippen molar-refractivity contribution in [3.63, 3.8) is 0 Å². The van der Waals surface area contributed by atoms with Gasteiger partial charge < -0.3 is 10.6 Å². The molecule has 1 rings (SSSR count). The standard InChI is InChI=1S/C13H26N2O/c1-13(2,3)7-4-5-12(16)15-8-6-11(9-14)10-15/h11H,4-10,14H2,1-3H3. The van der Waals surface area contributed by atoms with Crippen LogP contribution in [0.4, 0.5) is 0 Å². The number of nitrogens with two attached hydrogens (primary N) is 1. The highest BCUT2D eigenvalue weighted by Crippen LogP contribution is 2.23. The van der Waals surface area contributed by atoms with E-state index in [-0.39, 0.29) is 0 Å². The van der Waals surface area contributed by atoms with Crippen molar-refractivity contribution in [1.29, 1.82) is 0 Å². The molecule has 1 atom stereocenters. The lowest BCUT2D eigenvalue weighted by atomic mass is 9.90. The minimum Gasteiger partial charge on any atom is -0.342 e. The van der Waals surface area contributed by atoms with Crippen LogP contribution in [-0.2, 0) is 4.79 Å². The minimum atomic E-state index is 0.320. The summed E-state index contributed by atoms with van der Waals surface area (Å²) >= 11 is 0. The van der Waals surface area contributed by atoms with Crippen LogP contribution >= 0.6 is 0 Å². The minimum absolute atomic E-state index is 0.320. The fraction of sp³-hybridized carbons (Fsp3) is 0.923. The number of nitrogens with zero attached hydrogens (tertiary/aromatic N) is 1. The molecular formula is C13H26N2O. The van der Waals surface area contributed by atoms with Gasteiger partial charge in [0.05, 0.1) is 0 Å². The van der Waals surface area contributed by atoms with Crippen molar-refractivity contribution in [2.75, 3.05) is 19.6 Å². The van der Waals surface area contributed by atoms with Crippen molar-refractivity contribution in [3.05, 3.63) is 0 Å². The van der Waals surface area contributed by atoms with Crippen LogP contribution in [0.25, 0.3) is 0 Å². The molecular weight excluding hydrogens is 200 g/mol. The number of amides is 1. The Kier molecular flexibility index (Phi) is 4.78. The molecule has 0 aliphatic carbocycles. The van der Waals surface area contributed by atoms with E-state index < -0.39 is 0 Å². The zero-order valence-corrected chi connectivity index (χ0v) is 11.0. The molecule has 0 aromatic heterocycles. The Bertz CT molecular complexity index is 233. The van der Waals surface area contributed by atoms with Crippen LogP contribution in [0, 0.1) is 11.3 Å². The van der Waals surface area contributed by atoms with E-state index >= 15 is 0 Å². The number of rotatable bonds is 4. The smallest absolute Gasteiger partial charge is 0.222 e. The van der Waals surface area contributed by atoms with Gasteiger partial charge in [-0.1, -0.05) is 20.8 Å². The summed E-state index contributed by atoms with van der Waals surface area (Å²) in [5.41, 5.74) is 5.95. The Morgan fingerprint density at radius 3 is 2.62 bits per heavy atom. The lowest BCUT2D eigenvalue weighted by Crippen LogP contribution is -2.29. The third-order valence-electron chi connectivity index (χ3n) is 3.29. The average Bonchev–Trinajstić information content (AvgIpc) is 2.63. The van der Waals surface area contributed by atoms with E-state index in [1.807, 2.05) is 4.90 Å². The van der Waals surface area contributed by atoms with E-state index in [0.29, 0.717) is 30.2 Å². The van der Waals surface area contributed by atoms with Gasteiger partial charge in [-0.25, -0.2) is 0 Å². The van der Waals surface area contributed by atoms with Gasteiger partial charge in [-0.3, -0.25) is 4.79 Å². The Morgan fingerprint density at radius 1 is 1.44 bits per heavy atom. The fourth-order valence-corrected chi connectivity index (χ4v) is 2.18. The SMILES string of the molecule is CC(C)(C)CCCC(=O)N1CCC(CN)C1. The van der Waals surface area contributed by atoms with Gasteiger partial charge in [0.15, 0.2) is 0 Å². The second kappa shape index (κ2) is 5.67. The van der Waals surface area contributed by atoms with Crippen LogP contribution in [0.5, 0.6) is 0 Å².